The molecule has 1 aromatic heterocycles. The van der Waals surface area contributed by atoms with Gasteiger partial charge < -0.3 is 5.32 Å². The Balaban J connectivity index is 2.24. The highest BCUT2D eigenvalue weighted by atomic mass is 127. The van der Waals surface area contributed by atoms with Crippen LogP contribution in [-0.2, 0) is 16.5 Å². The number of amides is 1. The minimum absolute atomic E-state index is 0.219. The maximum atomic E-state index is 15.0. The predicted molar refractivity (Wildman–Crippen MR) is 121 cm³/mol. The number of benzene rings is 2. The van der Waals surface area contributed by atoms with E-state index in [0.717, 1.165) is 34.7 Å². The fourth-order valence-electron chi connectivity index (χ4n) is 3.28. The van der Waals surface area contributed by atoms with Crippen molar-refractivity contribution in [3.8, 4) is 0 Å². The lowest BCUT2D eigenvalue weighted by atomic mass is 9.87. The van der Waals surface area contributed by atoms with Gasteiger partial charge in [-0.25, -0.2) is 8.60 Å². The third-order valence-electron chi connectivity index (χ3n) is 5.15. The number of alkyl halides is 12. The average molecular weight is 708 g/mol. The van der Waals surface area contributed by atoms with Gasteiger partial charge in [-0.1, -0.05) is 12.1 Å². The lowest BCUT2D eigenvalue weighted by Crippen LogP contribution is -2.59. The van der Waals surface area contributed by atoms with Crippen LogP contribution in [0.5, 0.6) is 0 Å². The number of aromatic nitrogens is 1. The summed E-state index contributed by atoms with van der Waals surface area (Å²) in [5, 5.41) is 2.34. The Bertz CT molecular complexity index is 1460. The van der Waals surface area contributed by atoms with E-state index in [9.17, 15) is 61.7 Å². The zero-order valence-electron chi connectivity index (χ0n) is 18.2. The fraction of sp³-hybridized carbons (Fsp3) is 0.238. The van der Waals surface area contributed by atoms with E-state index in [4.69, 9.17) is 0 Å². The SMILES string of the molecule is O=C(Nc1c(I)cc(C(F)(C(F)(F)F)C(F)(F)C(F)(F)F)cc1S(=O)C(F)(F)F)c1ccc2cccnc2c1. The Labute approximate surface area is 225 Å². The van der Waals surface area contributed by atoms with E-state index in [1.165, 1.54) is 12.3 Å². The molecule has 1 N–H and O–H groups in total. The molecular formula is C21H9F12IN2O2S. The molecule has 0 saturated heterocycles. The van der Waals surface area contributed by atoms with Crippen molar-refractivity contribution in [2.24, 2.45) is 0 Å². The summed E-state index contributed by atoms with van der Waals surface area (Å²) in [6.07, 6.45) is -12.8. The molecule has 1 amide bonds. The van der Waals surface area contributed by atoms with Crippen molar-refractivity contribution < 1.29 is 61.7 Å². The first kappa shape index (κ1) is 30.9. The Morgan fingerprint density at radius 3 is 2.00 bits per heavy atom. The second-order valence-electron chi connectivity index (χ2n) is 7.64. The summed E-state index contributed by atoms with van der Waals surface area (Å²) in [5.41, 5.74) is -16.3. The van der Waals surface area contributed by atoms with Crippen LogP contribution in [0.4, 0.5) is 58.4 Å². The van der Waals surface area contributed by atoms with Crippen LogP contribution in [0.3, 0.4) is 0 Å². The molecule has 1 heterocycles. The number of hydrogen-bond donors (Lipinski definition) is 1. The van der Waals surface area contributed by atoms with Gasteiger partial charge in [-0.2, -0.15) is 48.3 Å². The molecule has 3 rings (SSSR count). The van der Waals surface area contributed by atoms with E-state index in [1.807, 2.05) is 5.32 Å². The van der Waals surface area contributed by atoms with E-state index in [0.29, 0.717) is 5.39 Å². The first-order chi connectivity index (χ1) is 17.6. The van der Waals surface area contributed by atoms with Gasteiger partial charge in [0.05, 0.1) is 16.1 Å². The van der Waals surface area contributed by atoms with Crippen molar-refractivity contribution in [3.05, 3.63) is 63.4 Å². The van der Waals surface area contributed by atoms with Crippen molar-refractivity contribution in [2.45, 2.75) is 34.3 Å². The normalized spacial score (nSPS) is 15.6. The number of fused-ring (bicyclic) bond motifs is 1. The second-order valence-corrected chi connectivity index (χ2v) is 10.2. The van der Waals surface area contributed by atoms with E-state index in [-0.39, 0.29) is 17.1 Å². The average Bonchev–Trinajstić information content (AvgIpc) is 2.81. The van der Waals surface area contributed by atoms with Gasteiger partial charge in [0.2, 0.25) is 0 Å². The molecule has 0 aliphatic carbocycles. The van der Waals surface area contributed by atoms with Crippen LogP contribution in [-0.4, -0.2) is 38.9 Å². The predicted octanol–water partition coefficient (Wildman–Crippen LogP) is 7.64. The number of pyridine rings is 1. The molecule has 2 atom stereocenters. The van der Waals surface area contributed by atoms with Crippen molar-refractivity contribution in [3.63, 3.8) is 0 Å². The van der Waals surface area contributed by atoms with Gasteiger partial charge in [0.1, 0.15) is 0 Å². The molecule has 0 radical (unpaired) electrons. The van der Waals surface area contributed by atoms with Crippen molar-refractivity contribution in [1.29, 1.82) is 0 Å². The maximum absolute atomic E-state index is 15.0. The van der Waals surface area contributed by atoms with E-state index in [1.54, 1.807) is 12.1 Å². The lowest BCUT2D eigenvalue weighted by molar-refractivity contribution is -0.389. The van der Waals surface area contributed by atoms with Crippen LogP contribution in [0.15, 0.2) is 53.6 Å². The third-order valence-corrected chi connectivity index (χ3v) is 7.14. The zero-order valence-corrected chi connectivity index (χ0v) is 21.2. The topological polar surface area (TPSA) is 59.1 Å². The molecular weight excluding hydrogens is 699 g/mol. The highest BCUT2D eigenvalue weighted by Gasteiger charge is 2.81. The smallest absolute Gasteiger partial charge is 0.320 e. The van der Waals surface area contributed by atoms with Gasteiger partial charge in [0, 0.05) is 26.3 Å². The Morgan fingerprint density at radius 1 is 0.846 bits per heavy atom. The van der Waals surface area contributed by atoms with E-state index in [2.05, 4.69) is 4.98 Å². The quantitative estimate of drug-likeness (QED) is 0.219. The number of hydrogen-bond acceptors (Lipinski definition) is 3. The van der Waals surface area contributed by atoms with Gasteiger partial charge in [-0.3, -0.25) is 9.78 Å². The number of rotatable bonds is 5. The molecule has 0 aliphatic rings. The summed E-state index contributed by atoms with van der Waals surface area (Å²) < 4.78 is 173. The number of nitrogens with one attached hydrogen (secondary N) is 1. The van der Waals surface area contributed by atoms with Gasteiger partial charge in [0.25, 0.3) is 5.91 Å². The molecule has 18 heteroatoms. The first-order valence-electron chi connectivity index (χ1n) is 9.82. The van der Waals surface area contributed by atoms with Crippen LogP contribution in [0.25, 0.3) is 10.9 Å². The molecule has 0 aliphatic heterocycles. The van der Waals surface area contributed by atoms with Crippen LogP contribution in [0.2, 0.25) is 0 Å². The van der Waals surface area contributed by atoms with E-state index < -0.39 is 71.9 Å². The number of carbonyl (C=O) groups is 1. The minimum atomic E-state index is -7.19. The van der Waals surface area contributed by atoms with Crippen molar-refractivity contribution in [2.75, 3.05) is 5.32 Å². The third kappa shape index (κ3) is 5.53. The molecule has 0 fully saturated rings. The second kappa shape index (κ2) is 10.1. The van der Waals surface area contributed by atoms with Gasteiger partial charge >= 0.3 is 29.5 Å². The summed E-state index contributed by atoms with van der Waals surface area (Å²) in [6, 6.07) is 5.82. The highest BCUT2D eigenvalue weighted by molar-refractivity contribution is 14.1. The van der Waals surface area contributed by atoms with Crippen molar-refractivity contribution in [1.82, 2.24) is 4.98 Å². The maximum Gasteiger partial charge on any atom is 0.475 e. The molecule has 39 heavy (non-hydrogen) atoms. The Morgan fingerprint density at radius 2 is 1.46 bits per heavy atom. The summed E-state index contributed by atoms with van der Waals surface area (Å²) in [7, 11) is -4.43. The van der Waals surface area contributed by atoms with E-state index >= 15 is 0 Å². The molecule has 212 valence electrons. The summed E-state index contributed by atoms with van der Waals surface area (Å²) in [4.78, 5) is 14.8. The monoisotopic (exact) mass is 708 g/mol. The Hall–Kier alpha value is -2.64. The molecule has 0 spiro atoms. The number of nitrogens with zero attached hydrogens (tertiary/aromatic N) is 1. The summed E-state index contributed by atoms with van der Waals surface area (Å²) in [5.74, 6) is -8.45. The highest BCUT2D eigenvalue weighted by Crippen LogP contribution is 2.59. The summed E-state index contributed by atoms with van der Waals surface area (Å²) in [6.45, 7) is 0. The lowest BCUT2D eigenvalue weighted by Gasteiger charge is -2.36. The molecule has 3 aromatic rings. The molecule has 0 saturated carbocycles. The Kier molecular flexibility index (Phi) is 7.98. The molecule has 2 aromatic carbocycles. The number of carbonyl (C=O) groups excluding carboxylic acids is 1. The van der Waals surface area contributed by atoms with Crippen LogP contribution in [0.1, 0.15) is 15.9 Å². The molecule has 2 unspecified atom stereocenters. The largest absolute Gasteiger partial charge is 0.475 e. The van der Waals surface area contributed by atoms with Gasteiger partial charge in [-0.15, -0.1) is 0 Å². The minimum Gasteiger partial charge on any atom is -0.320 e. The van der Waals surface area contributed by atoms with Crippen molar-refractivity contribution >= 4 is 55.9 Å². The first-order valence-corrected chi connectivity index (χ1v) is 12.0. The van der Waals surface area contributed by atoms with Crippen LogP contribution >= 0.6 is 22.6 Å². The van der Waals surface area contributed by atoms with Crippen LogP contribution < -0.4 is 5.32 Å². The molecule has 4 nitrogen and oxygen atoms in total. The van der Waals surface area contributed by atoms with Gasteiger partial charge in [-0.05, 0) is 52.9 Å². The van der Waals surface area contributed by atoms with Crippen LogP contribution in [0, 0.1) is 3.57 Å². The standard InChI is InChI=1S/C21H9F12IN2O2S/c22-17(19(25,26)27,18(23,24)20(28,29)30)11-7-12(34)15(14(8-11)39(38)21(31,32)33)36-16(37)10-4-3-9-2-1-5-35-13(9)6-10/h1-8H,(H,36,37). The molecule has 0 bridgehead atoms. The zero-order chi connectivity index (χ0) is 29.8. The number of anilines is 1. The van der Waals surface area contributed by atoms with Gasteiger partial charge in [0.15, 0.2) is 10.8 Å². The summed E-state index contributed by atoms with van der Waals surface area (Å²) >= 11 is 0.868. The fourth-order valence-corrected chi connectivity index (χ4v) is 5.06. The number of halogens is 13.